The molecule has 0 aromatic rings. The zero-order chi connectivity index (χ0) is 61.2. The fourth-order valence-electron chi connectivity index (χ4n) is 10.3. The van der Waals surface area contributed by atoms with E-state index in [-0.39, 0.29) is 32.0 Å². The maximum Gasteiger partial charge on any atom is 0.472 e. The van der Waals surface area contributed by atoms with Gasteiger partial charge in [-0.2, -0.15) is 0 Å². The quantitative estimate of drug-likeness (QED) is 0.0211. The number of ether oxygens (including phenoxy) is 2. The highest BCUT2D eigenvalue weighted by molar-refractivity contribution is 7.47. The maximum atomic E-state index is 12.9. The molecule has 0 bridgehead atoms. The Bertz CT molecular complexity index is 1650. The van der Waals surface area contributed by atoms with Crippen molar-refractivity contribution >= 4 is 19.8 Å². The van der Waals surface area contributed by atoms with Crippen molar-refractivity contribution < 1.29 is 42.1 Å². The number of rotatable bonds is 66. The van der Waals surface area contributed by atoms with E-state index in [2.05, 4.69) is 86.8 Å². The average molecular weight is 1200 g/mol. The first-order valence-electron chi connectivity index (χ1n) is 35.7. The Morgan fingerprint density at radius 1 is 0.381 bits per heavy atom. The number of quaternary nitrogens is 1. The Morgan fingerprint density at radius 3 is 1.01 bits per heavy atom. The minimum atomic E-state index is -4.40. The molecule has 0 radical (unpaired) electrons. The van der Waals surface area contributed by atoms with Crippen LogP contribution in [0.2, 0.25) is 0 Å². The molecule has 0 aliphatic rings. The third-order valence-corrected chi connectivity index (χ3v) is 16.7. The number of likely N-dealkylation sites (N-methyl/N-ethyl adjacent to an activating group) is 1. The second-order valence-corrected chi connectivity index (χ2v) is 26.7. The molecule has 9 nitrogen and oxygen atoms in total. The van der Waals surface area contributed by atoms with Crippen LogP contribution in [0.15, 0.2) is 72.9 Å². The first kappa shape index (κ1) is 81.5. The predicted molar refractivity (Wildman–Crippen MR) is 363 cm³/mol. The van der Waals surface area contributed by atoms with Crippen molar-refractivity contribution in [3.63, 3.8) is 0 Å². The maximum absolute atomic E-state index is 12.9. The molecule has 0 rings (SSSR count). The monoisotopic (exact) mass is 1200 g/mol. The molecule has 0 spiro atoms. The van der Waals surface area contributed by atoms with Crippen LogP contribution in [0.25, 0.3) is 0 Å². The summed E-state index contributed by atoms with van der Waals surface area (Å²) in [6, 6.07) is 0. The summed E-state index contributed by atoms with van der Waals surface area (Å²) >= 11 is 0. The molecule has 84 heavy (non-hydrogen) atoms. The van der Waals surface area contributed by atoms with Crippen molar-refractivity contribution in [2.45, 2.75) is 341 Å². The number of phosphoric ester groups is 1. The van der Waals surface area contributed by atoms with Gasteiger partial charge in [0.1, 0.15) is 19.8 Å². The van der Waals surface area contributed by atoms with Gasteiger partial charge in [-0.25, -0.2) is 4.57 Å². The third kappa shape index (κ3) is 68.6. The number of allylic oxidation sites excluding steroid dienone is 12. The molecule has 0 amide bonds. The molecule has 0 saturated heterocycles. The van der Waals surface area contributed by atoms with Gasteiger partial charge in [-0.1, -0.05) is 331 Å². The zero-order valence-corrected chi connectivity index (χ0v) is 56.8. The number of nitrogens with zero attached hydrogens (tertiary/aromatic N) is 1. The second kappa shape index (κ2) is 64.9. The molecule has 0 fully saturated rings. The van der Waals surface area contributed by atoms with E-state index in [9.17, 15) is 19.0 Å². The summed E-state index contributed by atoms with van der Waals surface area (Å²) in [5.74, 6) is -0.804. The van der Waals surface area contributed by atoms with Crippen LogP contribution < -0.4 is 0 Å². The smallest absolute Gasteiger partial charge is 0.462 e. The number of carbonyl (C=O) groups is 2. The van der Waals surface area contributed by atoms with Crippen molar-refractivity contribution in [3.8, 4) is 0 Å². The van der Waals surface area contributed by atoms with E-state index in [1.54, 1.807) is 0 Å². The van der Waals surface area contributed by atoms with E-state index in [0.29, 0.717) is 17.4 Å². The summed E-state index contributed by atoms with van der Waals surface area (Å²) in [6.45, 7) is 4.35. The third-order valence-electron chi connectivity index (χ3n) is 15.8. The zero-order valence-electron chi connectivity index (χ0n) is 55.9. The van der Waals surface area contributed by atoms with E-state index < -0.39 is 26.5 Å². The minimum Gasteiger partial charge on any atom is -0.462 e. The molecule has 0 aliphatic carbocycles. The van der Waals surface area contributed by atoms with Crippen molar-refractivity contribution in [1.29, 1.82) is 0 Å². The minimum absolute atomic E-state index is 0.0268. The number of hydrogen-bond acceptors (Lipinski definition) is 7. The summed E-state index contributed by atoms with van der Waals surface area (Å²) in [5.41, 5.74) is 0. The second-order valence-electron chi connectivity index (χ2n) is 25.3. The number of hydrogen-bond donors (Lipinski definition) is 1. The van der Waals surface area contributed by atoms with Crippen LogP contribution in [-0.2, 0) is 32.7 Å². The SMILES string of the molecule is CC/C=C\C/C=C\C/C=C\C/C=C\C/C=C\C/C=C\CCCCCCCCC(=O)OC(COC(=O)CCCCCCCCCCCCCCCCCCCCCCCCCCCCCCCCCCCCC)COP(=O)(O)OCC[N+](C)(C)C. The van der Waals surface area contributed by atoms with Crippen molar-refractivity contribution in [2.24, 2.45) is 0 Å². The van der Waals surface area contributed by atoms with Gasteiger partial charge in [-0.3, -0.25) is 18.6 Å². The van der Waals surface area contributed by atoms with Crippen LogP contribution in [0.3, 0.4) is 0 Å². The highest BCUT2D eigenvalue weighted by atomic mass is 31.2. The van der Waals surface area contributed by atoms with Gasteiger partial charge in [0, 0.05) is 12.8 Å². The van der Waals surface area contributed by atoms with Crippen LogP contribution in [0.4, 0.5) is 0 Å². The first-order chi connectivity index (χ1) is 41.0. The van der Waals surface area contributed by atoms with Gasteiger partial charge in [0.25, 0.3) is 0 Å². The molecule has 0 aromatic carbocycles. The molecule has 10 heteroatoms. The topological polar surface area (TPSA) is 108 Å². The lowest BCUT2D eigenvalue weighted by atomic mass is 10.0. The van der Waals surface area contributed by atoms with Gasteiger partial charge in [-0.05, 0) is 64.2 Å². The fourth-order valence-corrected chi connectivity index (χ4v) is 11.1. The van der Waals surface area contributed by atoms with Crippen LogP contribution >= 0.6 is 7.82 Å². The largest absolute Gasteiger partial charge is 0.472 e. The number of unbranched alkanes of at least 4 members (excludes halogenated alkanes) is 40. The van der Waals surface area contributed by atoms with Gasteiger partial charge >= 0.3 is 19.8 Å². The molecular formula is C74H137NO8P+. The Hall–Kier alpha value is -2.55. The van der Waals surface area contributed by atoms with Gasteiger partial charge in [0.15, 0.2) is 6.10 Å². The van der Waals surface area contributed by atoms with Gasteiger partial charge in [0.2, 0.25) is 0 Å². The van der Waals surface area contributed by atoms with E-state index in [4.69, 9.17) is 18.5 Å². The van der Waals surface area contributed by atoms with Crippen molar-refractivity contribution in [1.82, 2.24) is 0 Å². The van der Waals surface area contributed by atoms with Gasteiger partial charge in [0.05, 0.1) is 27.7 Å². The molecule has 0 aromatic heterocycles. The fraction of sp³-hybridized carbons (Fsp3) is 0.811. The van der Waals surface area contributed by atoms with Crippen LogP contribution in [0.5, 0.6) is 0 Å². The molecule has 0 saturated carbocycles. The molecule has 0 heterocycles. The number of phosphoric acid groups is 1. The van der Waals surface area contributed by atoms with Crippen molar-refractivity contribution in [2.75, 3.05) is 47.5 Å². The molecule has 1 N–H and O–H groups in total. The molecule has 2 unspecified atom stereocenters. The Kier molecular flexibility index (Phi) is 62.9. The molecule has 490 valence electrons. The summed E-state index contributed by atoms with van der Waals surface area (Å²) < 4.78 is 34.7. The number of carbonyl (C=O) groups excluding carboxylic acids is 2. The van der Waals surface area contributed by atoms with Crippen LogP contribution in [0, 0.1) is 0 Å². The molecular weight excluding hydrogens is 1060 g/mol. The molecule has 0 aliphatic heterocycles. The summed E-state index contributed by atoms with van der Waals surface area (Å²) in [7, 11) is 1.47. The summed E-state index contributed by atoms with van der Waals surface area (Å²) in [6.07, 6.45) is 87.4. The standard InChI is InChI=1S/C74H136NO8P/c1-6-8-10-12-14-16-18-20-22-24-26-28-30-32-33-34-35-36-37-38-39-40-41-43-44-46-48-50-52-54-56-58-60-62-64-66-73(76)80-70-72(71-82-84(78,79)81-69-68-75(3,4)5)83-74(77)67-65-63-61-59-57-55-53-51-49-47-45-42-31-29-27-25-23-21-19-17-15-13-11-9-7-2/h9,11,15,17,21,23,27,29,42,45,49,51,72H,6-8,10,12-14,16,18-20,22,24-26,28,30-41,43-44,46-48,50,52-71H2,1-5H3/p+1/b11-9-,17-15-,23-21-,29-27-,45-42-,51-49-. The lowest BCUT2D eigenvalue weighted by Crippen LogP contribution is -2.37. The van der Waals surface area contributed by atoms with Gasteiger partial charge < -0.3 is 18.9 Å². The van der Waals surface area contributed by atoms with Gasteiger partial charge in [-0.15, -0.1) is 0 Å². The van der Waals surface area contributed by atoms with Crippen LogP contribution in [-0.4, -0.2) is 74.9 Å². The van der Waals surface area contributed by atoms with E-state index in [1.165, 1.54) is 205 Å². The lowest BCUT2D eigenvalue weighted by molar-refractivity contribution is -0.870. The normalized spacial score (nSPS) is 13.5. The van der Waals surface area contributed by atoms with E-state index in [1.807, 2.05) is 21.1 Å². The lowest BCUT2D eigenvalue weighted by Gasteiger charge is -2.24. The Morgan fingerprint density at radius 2 is 0.679 bits per heavy atom. The Labute approximate surface area is 520 Å². The average Bonchev–Trinajstić information content (AvgIpc) is 3.60. The van der Waals surface area contributed by atoms with E-state index in [0.717, 1.165) is 96.3 Å². The summed E-state index contributed by atoms with van der Waals surface area (Å²) in [5, 5.41) is 0. The first-order valence-corrected chi connectivity index (χ1v) is 37.2. The van der Waals surface area contributed by atoms with Crippen LogP contribution in [0.1, 0.15) is 335 Å². The summed E-state index contributed by atoms with van der Waals surface area (Å²) in [4.78, 5) is 35.9. The highest BCUT2D eigenvalue weighted by Gasteiger charge is 2.27. The predicted octanol–water partition coefficient (Wildman–Crippen LogP) is 23.2. The van der Waals surface area contributed by atoms with Crippen molar-refractivity contribution in [3.05, 3.63) is 72.9 Å². The van der Waals surface area contributed by atoms with E-state index >= 15 is 0 Å². The molecule has 2 atom stereocenters. The Balaban J connectivity index is 4.00. The number of esters is 2. The highest BCUT2D eigenvalue weighted by Crippen LogP contribution is 2.43.